The van der Waals surface area contributed by atoms with E-state index in [4.69, 9.17) is 0 Å². The van der Waals surface area contributed by atoms with Gasteiger partial charge >= 0.3 is 5.97 Å². The zero-order chi connectivity index (χ0) is 14.4. The predicted octanol–water partition coefficient (Wildman–Crippen LogP) is 2.64. The molecule has 0 spiro atoms. The summed E-state index contributed by atoms with van der Waals surface area (Å²) in [5.41, 5.74) is 0.631. The lowest BCUT2D eigenvalue weighted by molar-refractivity contribution is -0.384. The van der Waals surface area contributed by atoms with Gasteiger partial charge < -0.3 is 10.0 Å². The zero-order valence-electron chi connectivity index (χ0n) is 10.5. The molecule has 1 N–H and O–H groups in total. The normalized spacial score (nSPS) is 27.9. The van der Waals surface area contributed by atoms with Crippen molar-refractivity contribution in [1.29, 1.82) is 0 Å². The lowest BCUT2D eigenvalue weighted by Gasteiger charge is -2.25. The summed E-state index contributed by atoms with van der Waals surface area (Å²) in [6, 6.07) is 5.12. The second-order valence-corrected chi connectivity index (χ2v) is 6.52. The van der Waals surface area contributed by atoms with Gasteiger partial charge in [-0.05, 0) is 54.0 Å². The number of anilines is 1. The van der Waals surface area contributed by atoms with Gasteiger partial charge in [0, 0.05) is 21.7 Å². The largest absolute Gasteiger partial charge is 0.481 e. The minimum Gasteiger partial charge on any atom is -0.481 e. The lowest BCUT2D eigenvalue weighted by atomic mass is 9.89. The number of nitro benzene ring substituents is 1. The molecule has 3 unspecified atom stereocenters. The second kappa shape index (κ2) is 4.87. The first-order chi connectivity index (χ1) is 9.49. The first kappa shape index (κ1) is 13.6. The average molecular weight is 388 g/mol. The van der Waals surface area contributed by atoms with Crippen molar-refractivity contribution in [3.05, 3.63) is 31.9 Å². The number of carboxylic acid groups (broad SMARTS) is 1. The van der Waals surface area contributed by atoms with Crippen molar-refractivity contribution >= 4 is 39.9 Å². The van der Waals surface area contributed by atoms with Gasteiger partial charge in [0.05, 0.1) is 10.8 Å². The van der Waals surface area contributed by atoms with Crippen LogP contribution in [0.1, 0.15) is 19.3 Å². The molecule has 3 atom stereocenters. The number of hydrogen-bond acceptors (Lipinski definition) is 4. The Balaban J connectivity index is 2.02. The number of benzene rings is 1. The Kier molecular flexibility index (Phi) is 3.31. The molecule has 2 fully saturated rings. The van der Waals surface area contributed by atoms with Gasteiger partial charge in [-0.25, -0.2) is 0 Å². The fraction of sp³-hybridized carbons (Fsp3) is 0.462. The Morgan fingerprint density at radius 1 is 1.45 bits per heavy atom. The zero-order valence-corrected chi connectivity index (χ0v) is 12.7. The van der Waals surface area contributed by atoms with E-state index in [1.54, 1.807) is 12.1 Å². The molecule has 1 aromatic rings. The van der Waals surface area contributed by atoms with Crippen molar-refractivity contribution < 1.29 is 14.8 Å². The fourth-order valence-corrected chi connectivity index (χ4v) is 3.97. The van der Waals surface area contributed by atoms with Crippen LogP contribution < -0.4 is 4.90 Å². The maximum absolute atomic E-state index is 11.3. The molecule has 1 aromatic carbocycles. The van der Waals surface area contributed by atoms with Gasteiger partial charge in [-0.15, -0.1) is 0 Å². The van der Waals surface area contributed by atoms with Crippen LogP contribution in [0.3, 0.4) is 0 Å². The highest BCUT2D eigenvalue weighted by molar-refractivity contribution is 14.1. The molecule has 0 aliphatic carbocycles. The summed E-state index contributed by atoms with van der Waals surface area (Å²) in [7, 11) is 0. The molecular weight excluding hydrogens is 375 g/mol. The van der Waals surface area contributed by atoms with Gasteiger partial charge in [0.2, 0.25) is 0 Å². The highest BCUT2D eigenvalue weighted by atomic mass is 127. The Hall–Kier alpha value is -1.38. The smallest absolute Gasteiger partial charge is 0.308 e. The number of carbonyl (C=O) groups is 1. The Morgan fingerprint density at radius 2 is 2.20 bits per heavy atom. The molecule has 0 radical (unpaired) electrons. The number of halogens is 1. The van der Waals surface area contributed by atoms with Crippen LogP contribution in [0, 0.1) is 19.6 Å². The van der Waals surface area contributed by atoms with Crippen LogP contribution in [-0.2, 0) is 4.79 Å². The van der Waals surface area contributed by atoms with Crippen molar-refractivity contribution in [3.8, 4) is 0 Å². The van der Waals surface area contributed by atoms with E-state index in [9.17, 15) is 20.0 Å². The molecule has 2 aliphatic heterocycles. The summed E-state index contributed by atoms with van der Waals surface area (Å²) >= 11 is 2.04. The predicted molar refractivity (Wildman–Crippen MR) is 80.8 cm³/mol. The van der Waals surface area contributed by atoms with Crippen LogP contribution in [0.5, 0.6) is 0 Å². The first-order valence-corrected chi connectivity index (χ1v) is 7.52. The summed E-state index contributed by atoms with van der Waals surface area (Å²) in [5.74, 6) is -1.21. The molecule has 0 aromatic heterocycles. The van der Waals surface area contributed by atoms with Gasteiger partial charge in [0.15, 0.2) is 0 Å². The Morgan fingerprint density at radius 3 is 2.80 bits per heavy atom. The molecule has 3 rings (SSSR count). The molecule has 106 valence electrons. The van der Waals surface area contributed by atoms with Crippen LogP contribution >= 0.6 is 22.6 Å². The van der Waals surface area contributed by atoms with Crippen LogP contribution in [-0.4, -0.2) is 28.1 Å². The van der Waals surface area contributed by atoms with E-state index < -0.39 is 11.9 Å². The number of hydrogen-bond donors (Lipinski definition) is 1. The van der Waals surface area contributed by atoms with Crippen LogP contribution in [0.25, 0.3) is 0 Å². The molecule has 0 saturated carbocycles. The van der Waals surface area contributed by atoms with Gasteiger partial charge in [-0.3, -0.25) is 14.9 Å². The molecule has 7 heteroatoms. The lowest BCUT2D eigenvalue weighted by Crippen LogP contribution is -2.33. The summed E-state index contributed by atoms with van der Waals surface area (Å²) in [4.78, 5) is 24.1. The summed E-state index contributed by atoms with van der Waals surface area (Å²) < 4.78 is 0.805. The quantitative estimate of drug-likeness (QED) is 0.489. The molecule has 2 aliphatic rings. The number of carboxylic acids is 1. The number of fused-ring (bicyclic) bond motifs is 2. The van der Waals surface area contributed by atoms with E-state index in [1.807, 2.05) is 33.6 Å². The van der Waals surface area contributed by atoms with Crippen LogP contribution in [0.15, 0.2) is 18.2 Å². The molecule has 20 heavy (non-hydrogen) atoms. The maximum Gasteiger partial charge on any atom is 0.308 e. The highest BCUT2D eigenvalue weighted by Gasteiger charge is 2.50. The van der Waals surface area contributed by atoms with E-state index >= 15 is 0 Å². The van der Waals surface area contributed by atoms with E-state index in [1.165, 1.54) is 0 Å². The molecule has 2 bridgehead atoms. The van der Waals surface area contributed by atoms with E-state index in [-0.39, 0.29) is 22.7 Å². The number of aliphatic carboxylic acids is 1. The first-order valence-electron chi connectivity index (χ1n) is 6.44. The van der Waals surface area contributed by atoms with Crippen LogP contribution in [0.4, 0.5) is 11.4 Å². The number of nitro groups is 1. The molecule has 0 amide bonds. The van der Waals surface area contributed by atoms with Crippen molar-refractivity contribution in [2.75, 3.05) is 4.90 Å². The van der Waals surface area contributed by atoms with Crippen molar-refractivity contribution in [2.45, 2.75) is 31.3 Å². The second-order valence-electron chi connectivity index (χ2n) is 5.28. The van der Waals surface area contributed by atoms with Crippen LogP contribution in [0.2, 0.25) is 0 Å². The van der Waals surface area contributed by atoms with E-state index in [2.05, 4.69) is 0 Å². The third-order valence-corrected chi connectivity index (χ3v) is 4.94. The third-order valence-electron chi connectivity index (χ3n) is 4.27. The van der Waals surface area contributed by atoms with E-state index in [0.29, 0.717) is 12.1 Å². The molecule has 2 saturated heterocycles. The monoisotopic (exact) mass is 388 g/mol. The SMILES string of the molecule is O=C(O)C1CC2CCC1N2c1ccc(I)cc1[N+](=O)[O-]. The molecule has 2 heterocycles. The molecular formula is C13H13IN2O4. The van der Waals surface area contributed by atoms with Gasteiger partial charge in [-0.1, -0.05) is 0 Å². The van der Waals surface area contributed by atoms with Crippen molar-refractivity contribution in [2.24, 2.45) is 5.92 Å². The number of rotatable bonds is 3. The third kappa shape index (κ3) is 2.04. The van der Waals surface area contributed by atoms with Gasteiger partial charge in [-0.2, -0.15) is 0 Å². The summed E-state index contributed by atoms with van der Waals surface area (Å²) in [6.45, 7) is 0. The Bertz CT molecular complexity index is 592. The highest BCUT2D eigenvalue weighted by Crippen LogP contribution is 2.47. The van der Waals surface area contributed by atoms with Crippen molar-refractivity contribution in [1.82, 2.24) is 0 Å². The topological polar surface area (TPSA) is 83.7 Å². The van der Waals surface area contributed by atoms with Crippen molar-refractivity contribution in [3.63, 3.8) is 0 Å². The standard InChI is InChI=1S/C13H13IN2O4/c14-7-1-3-11(12(5-7)16(19)20)15-8-2-4-10(15)9(6-8)13(17)18/h1,3,5,8-10H,2,4,6H2,(H,17,18). The number of nitrogens with zero attached hydrogens (tertiary/aromatic N) is 2. The summed E-state index contributed by atoms with van der Waals surface area (Å²) in [5, 5.41) is 20.5. The minimum atomic E-state index is -0.796. The Labute approximate surface area is 129 Å². The van der Waals surface area contributed by atoms with E-state index in [0.717, 1.165) is 16.4 Å². The maximum atomic E-state index is 11.3. The average Bonchev–Trinajstić information content (AvgIpc) is 2.96. The summed E-state index contributed by atoms with van der Waals surface area (Å²) in [6.07, 6.45) is 2.30. The molecule has 6 nitrogen and oxygen atoms in total. The fourth-order valence-electron chi connectivity index (χ4n) is 3.49. The van der Waals surface area contributed by atoms with Gasteiger partial charge in [0.25, 0.3) is 5.69 Å². The van der Waals surface area contributed by atoms with Gasteiger partial charge in [0.1, 0.15) is 5.69 Å². The minimum absolute atomic E-state index is 0.0693.